The highest BCUT2D eigenvalue weighted by Gasteiger charge is 2.22. The highest BCUT2D eigenvalue weighted by molar-refractivity contribution is 7.85. The minimum atomic E-state index is -0.711. The second-order valence-corrected chi connectivity index (χ2v) is 6.49. The second-order valence-electron chi connectivity index (χ2n) is 4.79. The molecule has 6 nitrogen and oxygen atoms in total. The van der Waals surface area contributed by atoms with E-state index in [2.05, 4.69) is 20.5 Å². The zero-order valence-corrected chi connectivity index (χ0v) is 11.4. The van der Waals surface area contributed by atoms with Crippen molar-refractivity contribution in [2.24, 2.45) is 0 Å². The molecule has 0 unspecified atom stereocenters. The van der Waals surface area contributed by atoms with Gasteiger partial charge in [-0.1, -0.05) is 13.8 Å². The summed E-state index contributed by atoms with van der Waals surface area (Å²) in [6, 6.07) is 0.0937. The van der Waals surface area contributed by atoms with Crippen molar-refractivity contribution in [1.82, 2.24) is 20.5 Å². The minimum Gasteiger partial charge on any atom is -0.346 e. The van der Waals surface area contributed by atoms with Crippen molar-refractivity contribution in [3.8, 4) is 0 Å². The van der Waals surface area contributed by atoms with Crippen molar-refractivity contribution in [3.05, 3.63) is 11.6 Å². The van der Waals surface area contributed by atoms with Crippen LogP contribution in [0.25, 0.3) is 0 Å². The van der Waals surface area contributed by atoms with E-state index in [1.807, 2.05) is 13.8 Å². The van der Waals surface area contributed by atoms with Gasteiger partial charge in [-0.15, -0.1) is 5.10 Å². The molecule has 0 aliphatic carbocycles. The third-order valence-corrected chi connectivity index (χ3v) is 4.36. The lowest BCUT2D eigenvalue weighted by Gasteiger charge is -2.21. The summed E-state index contributed by atoms with van der Waals surface area (Å²) in [5.74, 6) is 2.19. The highest BCUT2D eigenvalue weighted by Crippen LogP contribution is 2.11. The summed E-state index contributed by atoms with van der Waals surface area (Å²) >= 11 is 0. The number of aromatic nitrogens is 3. The van der Waals surface area contributed by atoms with Gasteiger partial charge in [-0.2, -0.15) is 0 Å². The molecule has 1 aliphatic heterocycles. The Hall–Kier alpha value is -1.24. The third kappa shape index (κ3) is 3.16. The molecule has 1 aliphatic rings. The van der Waals surface area contributed by atoms with E-state index in [0.29, 0.717) is 17.3 Å². The lowest BCUT2D eigenvalue weighted by Crippen LogP contribution is -2.40. The number of H-pyrrole nitrogens is 1. The van der Waals surface area contributed by atoms with Crippen LogP contribution in [0.4, 0.5) is 0 Å². The molecule has 1 amide bonds. The smallest absolute Gasteiger partial charge is 0.291 e. The van der Waals surface area contributed by atoms with Crippen LogP contribution in [0.5, 0.6) is 0 Å². The molecule has 100 valence electrons. The average Bonchev–Trinajstić information content (AvgIpc) is 2.81. The van der Waals surface area contributed by atoms with Crippen LogP contribution in [0.3, 0.4) is 0 Å². The van der Waals surface area contributed by atoms with Crippen molar-refractivity contribution in [2.45, 2.75) is 38.6 Å². The zero-order valence-electron chi connectivity index (χ0n) is 10.6. The van der Waals surface area contributed by atoms with Crippen molar-refractivity contribution in [1.29, 1.82) is 0 Å². The fourth-order valence-electron chi connectivity index (χ4n) is 1.82. The van der Waals surface area contributed by atoms with E-state index >= 15 is 0 Å². The Morgan fingerprint density at radius 3 is 2.67 bits per heavy atom. The first-order valence-corrected chi connectivity index (χ1v) is 7.63. The van der Waals surface area contributed by atoms with Gasteiger partial charge < -0.3 is 5.32 Å². The van der Waals surface area contributed by atoms with Crippen molar-refractivity contribution in [3.63, 3.8) is 0 Å². The van der Waals surface area contributed by atoms with E-state index in [-0.39, 0.29) is 23.7 Å². The number of carbonyl (C=O) groups is 1. The lowest BCUT2D eigenvalue weighted by molar-refractivity contribution is 0.0924. The van der Waals surface area contributed by atoms with Crippen molar-refractivity contribution >= 4 is 16.7 Å². The number of rotatable bonds is 3. The molecule has 0 atom stereocenters. The van der Waals surface area contributed by atoms with Crippen LogP contribution in [-0.4, -0.2) is 42.8 Å². The summed E-state index contributed by atoms with van der Waals surface area (Å²) in [5, 5.41) is 9.56. The van der Waals surface area contributed by atoms with Gasteiger partial charge in [-0.3, -0.25) is 14.1 Å². The number of nitrogens with zero attached hydrogens (tertiary/aromatic N) is 2. The molecule has 18 heavy (non-hydrogen) atoms. The van der Waals surface area contributed by atoms with Gasteiger partial charge in [-0.25, -0.2) is 4.98 Å². The maximum absolute atomic E-state index is 11.9. The predicted octanol–water partition coefficient (Wildman–Crippen LogP) is 0.569. The molecule has 2 heterocycles. The van der Waals surface area contributed by atoms with Crippen LogP contribution >= 0.6 is 0 Å². The first-order chi connectivity index (χ1) is 8.56. The Kier molecular flexibility index (Phi) is 4.11. The van der Waals surface area contributed by atoms with Gasteiger partial charge in [0.1, 0.15) is 5.82 Å². The number of nitrogens with one attached hydrogen (secondary N) is 2. The molecule has 2 rings (SSSR count). The lowest BCUT2D eigenvalue weighted by atomic mass is 10.1. The standard InChI is InChI=1S/C11H18N4O2S/c1-7(2)9-13-10(15-14-9)11(16)12-8-3-5-18(17)6-4-8/h7-8H,3-6H2,1-2H3,(H,12,16)(H,13,14,15). The van der Waals surface area contributed by atoms with Crippen LogP contribution < -0.4 is 5.32 Å². The van der Waals surface area contributed by atoms with Gasteiger partial charge in [0.25, 0.3) is 5.91 Å². The summed E-state index contributed by atoms with van der Waals surface area (Å²) in [6.45, 7) is 3.97. The van der Waals surface area contributed by atoms with E-state index in [1.54, 1.807) is 0 Å². The number of amides is 1. The Morgan fingerprint density at radius 2 is 2.11 bits per heavy atom. The first kappa shape index (κ1) is 13.2. The predicted molar refractivity (Wildman–Crippen MR) is 68.8 cm³/mol. The molecule has 1 fully saturated rings. The summed E-state index contributed by atoms with van der Waals surface area (Å²) in [7, 11) is -0.711. The molecule has 0 spiro atoms. The number of hydrogen-bond acceptors (Lipinski definition) is 4. The van der Waals surface area contributed by atoms with Crippen LogP contribution in [0.1, 0.15) is 49.1 Å². The van der Waals surface area contributed by atoms with Crippen LogP contribution in [-0.2, 0) is 10.8 Å². The quantitative estimate of drug-likeness (QED) is 0.840. The van der Waals surface area contributed by atoms with Gasteiger partial charge in [-0.05, 0) is 12.8 Å². The summed E-state index contributed by atoms with van der Waals surface area (Å²) in [4.78, 5) is 16.0. The maximum atomic E-state index is 11.9. The summed E-state index contributed by atoms with van der Waals surface area (Å²) < 4.78 is 11.2. The minimum absolute atomic E-state index is 0.0937. The Balaban J connectivity index is 1.92. The molecule has 1 aromatic rings. The van der Waals surface area contributed by atoms with Gasteiger partial charge in [0.05, 0.1) is 0 Å². The molecule has 7 heteroatoms. The van der Waals surface area contributed by atoms with Gasteiger partial charge in [0.2, 0.25) is 5.82 Å². The number of hydrogen-bond donors (Lipinski definition) is 2. The van der Waals surface area contributed by atoms with Crippen LogP contribution in [0, 0.1) is 0 Å². The molecule has 0 aromatic carbocycles. The average molecular weight is 270 g/mol. The maximum Gasteiger partial charge on any atom is 0.291 e. The third-order valence-electron chi connectivity index (χ3n) is 2.98. The topological polar surface area (TPSA) is 87.7 Å². The van der Waals surface area contributed by atoms with E-state index in [4.69, 9.17) is 0 Å². The molecule has 0 radical (unpaired) electrons. The van der Waals surface area contributed by atoms with Crippen molar-refractivity contribution in [2.75, 3.05) is 11.5 Å². The van der Waals surface area contributed by atoms with Crippen LogP contribution in [0.2, 0.25) is 0 Å². The van der Waals surface area contributed by atoms with Crippen molar-refractivity contribution < 1.29 is 9.00 Å². The summed E-state index contributed by atoms with van der Waals surface area (Å²) in [6.07, 6.45) is 1.53. The van der Waals surface area contributed by atoms with Gasteiger partial charge in [0.15, 0.2) is 0 Å². The van der Waals surface area contributed by atoms with E-state index in [9.17, 15) is 9.00 Å². The zero-order chi connectivity index (χ0) is 13.1. The molecular formula is C11H18N4O2S. The van der Waals surface area contributed by atoms with Crippen LogP contribution in [0.15, 0.2) is 0 Å². The van der Waals surface area contributed by atoms with E-state index in [0.717, 1.165) is 12.8 Å². The summed E-state index contributed by atoms with van der Waals surface area (Å²) in [5.41, 5.74) is 0. The number of aromatic amines is 1. The number of carbonyl (C=O) groups excluding carboxylic acids is 1. The molecule has 1 aromatic heterocycles. The van der Waals surface area contributed by atoms with E-state index in [1.165, 1.54) is 0 Å². The SMILES string of the molecule is CC(C)c1nc(C(=O)NC2CCS(=O)CC2)n[nH]1. The normalized spacial score (nSPS) is 24.2. The Morgan fingerprint density at radius 1 is 1.44 bits per heavy atom. The largest absolute Gasteiger partial charge is 0.346 e. The molecular weight excluding hydrogens is 252 g/mol. The van der Waals surface area contributed by atoms with Gasteiger partial charge in [0, 0.05) is 34.3 Å². The Labute approximate surface area is 108 Å². The molecule has 2 N–H and O–H groups in total. The van der Waals surface area contributed by atoms with E-state index < -0.39 is 10.8 Å². The molecule has 1 saturated heterocycles. The molecule has 0 saturated carbocycles. The molecule has 0 bridgehead atoms. The fourth-order valence-corrected chi connectivity index (χ4v) is 3.12. The van der Waals surface area contributed by atoms with Gasteiger partial charge >= 0.3 is 0 Å². The first-order valence-electron chi connectivity index (χ1n) is 6.14. The highest BCUT2D eigenvalue weighted by atomic mass is 32.2. The Bertz CT molecular complexity index is 448. The monoisotopic (exact) mass is 270 g/mol. The fraction of sp³-hybridized carbons (Fsp3) is 0.727. The second kappa shape index (κ2) is 5.60.